The van der Waals surface area contributed by atoms with E-state index in [-0.39, 0.29) is 18.0 Å². The first-order chi connectivity index (χ1) is 14.7. The predicted molar refractivity (Wildman–Crippen MR) is 112 cm³/mol. The molecule has 166 valence electrons. The third-order valence-electron chi connectivity index (χ3n) is 5.76. The van der Waals surface area contributed by atoms with E-state index in [1.807, 2.05) is 13.0 Å². The van der Waals surface area contributed by atoms with Crippen LogP contribution in [-0.2, 0) is 0 Å². The number of aromatic nitrogens is 4. The topological polar surface area (TPSA) is 75.3 Å². The van der Waals surface area contributed by atoms with Crippen molar-refractivity contribution >= 4 is 11.5 Å². The highest BCUT2D eigenvalue weighted by Crippen LogP contribution is 2.37. The first kappa shape index (κ1) is 21.5. The van der Waals surface area contributed by atoms with Crippen LogP contribution in [0, 0.1) is 6.92 Å². The molecule has 3 aromatic heterocycles. The van der Waals surface area contributed by atoms with Crippen molar-refractivity contribution in [2.45, 2.75) is 70.2 Å². The zero-order chi connectivity index (χ0) is 22.2. The molecule has 3 aromatic rings. The quantitative estimate of drug-likeness (QED) is 0.600. The van der Waals surface area contributed by atoms with Crippen molar-refractivity contribution < 1.29 is 18.3 Å². The SMILES string of the molecule is Cc1cncc(-c2cc(C3CCC(O)CC3)n3nc(N[C@@H](C)CC(F)(F)F)ncc23)c1. The van der Waals surface area contributed by atoms with E-state index in [4.69, 9.17) is 0 Å². The second-order valence-electron chi connectivity index (χ2n) is 8.48. The lowest BCUT2D eigenvalue weighted by molar-refractivity contribution is -0.136. The maximum atomic E-state index is 12.7. The standard InChI is InChI=1S/C22H26F3N5O/c1-13-7-16(11-26-10-13)18-8-19(15-3-5-17(31)6-4-15)30-20(18)12-27-21(29-30)28-14(2)9-22(23,24)25/h7-8,10-12,14-15,17,31H,3-6,9H2,1-2H3,(H,28,29)/t14-,15?,17?/m0/s1. The summed E-state index contributed by atoms with van der Waals surface area (Å²) >= 11 is 0. The van der Waals surface area contributed by atoms with E-state index in [2.05, 4.69) is 26.4 Å². The van der Waals surface area contributed by atoms with Gasteiger partial charge in [0, 0.05) is 41.2 Å². The van der Waals surface area contributed by atoms with Gasteiger partial charge in [-0.1, -0.05) is 0 Å². The lowest BCUT2D eigenvalue weighted by Gasteiger charge is -2.25. The summed E-state index contributed by atoms with van der Waals surface area (Å²) < 4.78 is 39.9. The molecule has 1 atom stereocenters. The van der Waals surface area contributed by atoms with Crippen molar-refractivity contribution in [3.05, 3.63) is 42.0 Å². The predicted octanol–water partition coefficient (Wildman–Crippen LogP) is 4.87. The molecule has 3 heterocycles. The molecular formula is C22H26F3N5O. The lowest BCUT2D eigenvalue weighted by atomic mass is 9.85. The molecule has 0 aromatic carbocycles. The van der Waals surface area contributed by atoms with Gasteiger partial charge in [0.25, 0.3) is 0 Å². The van der Waals surface area contributed by atoms with Gasteiger partial charge in [0.2, 0.25) is 5.95 Å². The summed E-state index contributed by atoms with van der Waals surface area (Å²) in [6.07, 6.45) is 2.81. The Kier molecular flexibility index (Phi) is 5.88. The van der Waals surface area contributed by atoms with Gasteiger partial charge >= 0.3 is 6.18 Å². The van der Waals surface area contributed by atoms with Gasteiger partial charge in [-0.15, -0.1) is 5.10 Å². The molecule has 1 fully saturated rings. The van der Waals surface area contributed by atoms with Crippen LogP contribution in [0.3, 0.4) is 0 Å². The number of nitrogens with zero attached hydrogens (tertiary/aromatic N) is 4. The van der Waals surface area contributed by atoms with Gasteiger partial charge in [-0.05, 0) is 57.2 Å². The number of aryl methyl sites for hydroxylation is 1. The zero-order valence-corrected chi connectivity index (χ0v) is 17.5. The first-order valence-electron chi connectivity index (χ1n) is 10.5. The van der Waals surface area contributed by atoms with Gasteiger partial charge in [-0.25, -0.2) is 9.50 Å². The molecular weight excluding hydrogens is 407 g/mol. The fraction of sp³-hybridized carbons (Fsp3) is 0.500. The number of alkyl halides is 3. The summed E-state index contributed by atoms with van der Waals surface area (Å²) in [5.74, 6) is 0.364. The molecule has 0 amide bonds. The van der Waals surface area contributed by atoms with E-state index >= 15 is 0 Å². The molecule has 0 unspecified atom stereocenters. The van der Waals surface area contributed by atoms with Gasteiger partial charge in [0.1, 0.15) is 0 Å². The zero-order valence-electron chi connectivity index (χ0n) is 17.5. The molecule has 0 radical (unpaired) electrons. The minimum atomic E-state index is -4.26. The molecule has 0 aliphatic heterocycles. The Labute approximate surface area is 178 Å². The van der Waals surface area contributed by atoms with E-state index < -0.39 is 18.6 Å². The van der Waals surface area contributed by atoms with Crippen LogP contribution in [0.1, 0.15) is 56.2 Å². The lowest BCUT2D eigenvalue weighted by Crippen LogP contribution is -2.25. The summed E-state index contributed by atoms with van der Waals surface area (Å²) in [6, 6.07) is 3.27. The molecule has 31 heavy (non-hydrogen) atoms. The van der Waals surface area contributed by atoms with Gasteiger partial charge < -0.3 is 10.4 Å². The molecule has 2 N–H and O–H groups in total. The van der Waals surface area contributed by atoms with E-state index in [1.165, 1.54) is 6.92 Å². The highest BCUT2D eigenvalue weighted by molar-refractivity contribution is 5.81. The fourth-order valence-electron chi connectivity index (χ4n) is 4.30. The normalized spacial score (nSPS) is 20.7. The number of fused-ring (bicyclic) bond motifs is 1. The Bertz CT molecular complexity index is 1060. The molecule has 1 aliphatic rings. The highest BCUT2D eigenvalue weighted by Gasteiger charge is 2.30. The van der Waals surface area contributed by atoms with Crippen molar-refractivity contribution in [3.8, 4) is 11.1 Å². The third-order valence-corrected chi connectivity index (χ3v) is 5.76. The van der Waals surface area contributed by atoms with E-state index in [9.17, 15) is 18.3 Å². The van der Waals surface area contributed by atoms with Crippen molar-refractivity contribution in [2.75, 3.05) is 5.32 Å². The Morgan fingerprint density at radius 3 is 2.58 bits per heavy atom. The molecule has 0 spiro atoms. The number of halogens is 3. The molecule has 6 nitrogen and oxygen atoms in total. The summed E-state index contributed by atoms with van der Waals surface area (Å²) in [5, 5.41) is 17.2. The molecule has 4 rings (SSSR count). The number of hydrogen-bond donors (Lipinski definition) is 2. The van der Waals surface area contributed by atoms with Crippen LogP contribution in [-0.4, -0.2) is 43.0 Å². The van der Waals surface area contributed by atoms with Gasteiger partial charge in [-0.2, -0.15) is 13.2 Å². The van der Waals surface area contributed by atoms with Gasteiger partial charge in [0.15, 0.2) is 0 Å². The molecule has 0 saturated heterocycles. The van der Waals surface area contributed by atoms with E-state index in [0.717, 1.165) is 53.6 Å². The number of pyridine rings is 1. The Balaban J connectivity index is 1.74. The third kappa shape index (κ3) is 4.98. The van der Waals surface area contributed by atoms with Crippen LogP contribution in [0.15, 0.2) is 30.7 Å². The number of anilines is 1. The smallest absolute Gasteiger partial charge is 0.391 e. The van der Waals surface area contributed by atoms with Crippen molar-refractivity contribution in [1.82, 2.24) is 19.6 Å². The van der Waals surface area contributed by atoms with Crippen LogP contribution in [0.4, 0.5) is 19.1 Å². The second kappa shape index (κ2) is 8.45. The van der Waals surface area contributed by atoms with Crippen LogP contribution >= 0.6 is 0 Å². The van der Waals surface area contributed by atoms with Crippen LogP contribution in [0.25, 0.3) is 16.6 Å². The van der Waals surface area contributed by atoms with Crippen molar-refractivity contribution in [1.29, 1.82) is 0 Å². The summed E-state index contributed by atoms with van der Waals surface area (Å²) in [6.45, 7) is 3.43. The van der Waals surface area contributed by atoms with E-state index in [1.54, 1.807) is 23.1 Å². The van der Waals surface area contributed by atoms with E-state index in [0.29, 0.717) is 0 Å². The Morgan fingerprint density at radius 2 is 1.90 bits per heavy atom. The van der Waals surface area contributed by atoms with Gasteiger partial charge in [0.05, 0.1) is 24.2 Å². The monoisotopic (exact) mass is 433 g/mol. The minimum Gasteiger partial charge on any atom is -0.393 e. The number of aliphatic hydroxyl groups is 1. The highest BCUT2D eigenvalue weighted by atomic mass is 19.4. The maximum absolute atomic E-state index is 12.7. The first-order valence-corrected chi connectivity index (χ1v) is 10.5. The number of aliphatic hydroxyl groups excluding tert-OH is 1. The second-order valence-corrected chi connectivity index (χ2v) is 8.48. The summed E-state index contributed by atoms with van der Waals surface area (Å²) in [4.78, 5) is 8.57. The van der Waals surface area contributed by atoms with Crippen molar-refractivity contribution in [3.63, 3.8) is 0 Å². The average Bonchev–Trinajstić information content (AvgIpc) is 3.06. The van der Waals surface area contributed by atoms with Crippen LogP contribution in [0.5, 0.6) is 0 Å². The average molecular weight is 433 g/mol. The number of nitrogens with one attached hydrogen (secondary N) is 1. The van der Waals surface area contributed by atoms with Crippen molar-refractivity contribution in [2.24, 2.45) is 0 Å². The maximum Gasteiger partial charge on any atom is 0.391 e. The molecule has 0 bridgehead atoms. The number of hydrogen-bond acceptors (Lipinski definition) is 5. The Hall–Kier alpha value is -2.68. The summed E-state index contributed by atoms with van der Waals surface area (Å²) in [5.41, 5.74) is 4.66. The fourth-order valence-corrected chi connectivity index (χ4v) is 4.30. The largest absolute Gasteiger partial charge is 0.393 e. The van der Waals surface area contributed by atoms with Gasteiger partial charge in [-0.3, -0.25) is 4.98 Å². The Morgan fingerprint density at radius 1 is 1.16 bits per heavy atom. The molecule has 1 aliphatic carbocycles. The summed E-state index contributed by atoms with van der Waals surface area (Å²) in [7, 11) is 0. The van der Waals surface area contributed by atoms with Crippen LogP contribution < -0.4 is 5.32 Å². The number of rotatable bonds is 5. The molecule has 9 heteroatoms. The van der Waals surface area contributed by atoms with Crippen LogP contribution in [0.2, 0.25) is 0 Å². The minimum absolute atomic E-state index is 0.158. The molecule has 1 saturated carbocycles.